The number of piperidine rings is 1. The first kappa shape index (κ1) is 23.5. The van der Waals surface area contributed by atoms with Gasteiger partial charge in [-0.15, -0.1) is 0 Å². The maximum absolute atomic E-state index is 12.6. The molecule has 2 aliphatic rings. The molecule has 0 bridgehead atoms. The number of aromatic nitrogens is 4. The summed E-state index contributed by atoms with van der Waals surface area (Å²) >= 11 is 0. The van der Waals surface area contributed by atoms with Crippen molar-refractivity contribution < 1.29 is 19.3 Å². The lowest BCUT2D eigenvalue weighted by Gasteiger charge is -2.36. The Kier molecular flexibility index (Phi) is 7.07. The predicted octanol–water partition coefficient (Wildman–Crippen LogP) is 0.439. The molecule has 5 rings (SSSR count). The van der Waals surface area contributed by atoms with Crippen LogP contribution < -0.4 is 25.1 Å². The summed E-state index contributed by atoms with van der Waals surface area (Å²) in [6.07, 6.45) is 3.55. The molecule has 0 aromatic carbocycles. The molecular formula is C24H30N6O5. The zero-order chi connectivity index (χ0) is 24.2. The molecule has 0 radical (unpaired) electrons. The number of nitrogens with zero attached hydrogens (tertiary/aromatic N) is 5. The SMILES string of the molecule is COc1cnc2ccc(=O)n(CCN3CC[C@@H](O)[C@@H](CNCc4cc5c(cn4)OCCO5)C3)c2n1. The molecule has 2 atom stereocenters. The van der Waals surface area contributed by atoms with Gasteiger partial charge in [0.05, 0.1) is 31.3 Å². The predicted molar refractivity (Wildman–Crippen MR) is 128 cm³/mol. The fraction of sp³-hybridized carbons (Fsp3) is 0.500. The molecule has 11 heteroatoms. The smallest absolute Gasteiger partial charge is 0.252 e. The van der Waals surface area contributed by atoms with Crippen LogP contribution in [0.3, 0.4) is 0 Å². The van der Waals surface area contributed by atoms with Crippen molar-refractivity contribution in [1.29, 1.82) is 0 Å². The molecule has 3 aromatic heterocycles. The average molecular weight is 483 g/mol. The van der Waals surface area contributed by atoms with Crippen LogP contribution >= 0.6 is 0 Å². The molecule has 0 aliphatic carbocycles. The van der Waals surface area contributed by atoms with Gasteiger partial charge in [-0.2, -0.15) is 4.98 Å². The van der Waals surface area contributed by atoms with Crippen LogP contribution in [0.25, 0.3) is 11.2 Å². The Balaban J connectivity index is 1.18. The van der Waals surface area contributed by atoms with Crippen molar-refractivity contribution in [3.05, 3.63) is 46.6 Å². The molecule has 3 aromatic rings. The highest BCUT2D eigenvalue weighted by atomic mass is 16.6. The fourth-order valence-electron chi connectivity index (χ4n) is 4.56. The summed E-state index contributed by atoms with van der Waals surface area (Å²) in [5.41, 5.74) is 1.90. The first-order valence-electron chi connectivity index (χ1n) is 11.9. The van der Waals surface area contributed by atoms with Crippen molar-refractivity contribution in [2.45, 2.75) is 25.6 Å². The molecule has 2 aliphatic heterocycles. The minimum atomic E-state index is -0.373. The summed E-state index contributed by atoms with van der Waals surface area (Å²) in [5.74, 6) is 1.84. The molecule has 1 saturated heterocycles. The first-order chi connectivity index (χ1) is 17.1. The van der Waals surface area contributed by atoms with Gasteiger partial charge >= 0.3 is 0 Å². The van der Waals surface area contributed by atoms with E-state index >= 15 is 0 Å². The molecule has 0 amide bonds. The number of fused-ring (bicyclic) bond motifs is 2. The maximum atomic E-state index is 12.6. The Morgan fingerprint density at radius 2 is 2.03 bits per heavy atom. The van der Waals surface area contributed by atoms with Gasteiger partial charge in [-0.1, -0.05) is 0 Å². The number of aliphatic hydroxyl groups excluding tert-OH is 1. The second-order valence-corrected chi connectivity index (χ2v) is 8.81. The third-order valence-corrected chi connectivity index (χ3v) is 6.49. The summed E-state index contributed by atoms with van der Waals surface area (Å²) in [6, 6.07) is 5.09. The van der Waals surface area contributed by atoms with E-state index in [0.717, 1.165) is 24.5 Å². The van der Waals surface area contributed by atoms with E-state index in [1.807, 2.05) is 6.07 Å². The van der Waals surface area contributed by atoms with Crippen LogP contribution in [0.2, 0.25) is 0 Å². The monoisotopic (exact) mass is 482 g/mol. The normalized spacial score (nSPS) is 20.2. The van der Waals surface area contributed by atoms with Gasteiger partial charge in [0.1, 0.15) is 18.7 Å². The van der Waals surface area contributed by atoms with Crippen molar-refractivity contribution in [2.24, 2.45) is 5.92 Å². The Morgan fingerprint density at radius 3 is 2.89 bits per heavy atom. The molecule has 11 nitrogen and oxygen atoms in total. The quantitative estimate of drug-likeness (QED) is 0.467. The minimum Gasteiger partial charge on any atom is -0.486 e. The van der Waals surface area contributed by atoms with E-state index in [1.165, 1.54) is 13.2 Å². The van der Waals surface area contributed by atoms with Gasteiger partial charge in [-0.25, -0.2) is 4.98 Å². The second kappa shape index (κ2) is 10.5. The number of methoxy groups -OCH3 is 1. The van der Waals surface area contributed by atoms with Crippen molar-refractivity contribution in [3.63, 3.8) is 0 Å². The second-order valence-electron chi connectivity index (χ2n) is 8.81. The number of pyridine rings is 2. The highest BCUT2D eigenvalue weighted by Crippen LogP contribution is 2.29. The molecule has 0 saturated carbocycles. The highest BCUT2D eigenvalue weighted by Gasteiger charge is 2.27. The summed E-state index contributed by atoms with van der Waals surface area (Å²) in [6.45, 7) is 4.97. The number of rotatable bonds is 8. The van der Waals surface area contributed by atoms with Crippen LogP contribution in [-0.2, 0) is 13.1 Å². The molecule has 5 heterocycles. The van der Waals surface area contributed by atoms with Crippen LogP contribution in [0.4, 0.5) is 0 Å². The lowest BCUT2D eigenvalue weighted by atomic mass is 9.94. The van der Waals surface area contributed by atoms with Crippen molar-refractivity contribution in [1.82, 2.24) is 29.7 Å². The number of likely N-dealkylation sites (tertiary alicyclic amines) is 1. The topological polar surface area (TPSA) is 124 Å². The van der Waals surface area contributed by atoms with Crippen molar-refractivity contribution in [2.75, 3.05) is 46.5 Å². The first-order valence-corrected chi connectivity index (χ1v) is 11.9. The van der Waals surface area contributed by atoms with Crippen molar-refractivity contribution >= 4 is 11.2 Å². The molecule has 0 unspecified atom stereocenters. The lowest BCUT2D eigenvalue weighted by Crippen LogP contribution is -2.48. The van der Waals surface area contributed by atoms with E-state index in [0.29, 0.717) is 68.6 Å². The van der Waals surface area contributed by atoms with Crippen LogP contribution in [0.5, 0.6) is 17.4 Å². The molecule has 1 fully saturated rings. The maximum Gasteiger partial charge on any atom is 0.252 e. The summed E-state index contributed by atoms with van der Waals surface area (Å²) < 4.78 is 18.0. The van der Waals surface area contributed by atoms with Gasteiger partial charge in [0.25, 0.3) is 5.56 Å². The van der Waals surface area contributed by atoms with Gasteiger partial charge in [0, 0.05) is 57.3 Å². The van der Waals surface area contributed by atoms with Crippen LogP contribution in [-0.4, -0.2) is 82.1 Å². The zero-order valence-corrected chi connectivity index (χ0v) is 19.7. The van der Waals surface area contributed by atoms with Gasteiger partial charge in [0.2, 0.25) is 5.88 Å². The van der Waals surface area contributed by atoms with E-state index in [4.69, 9.17) is 14.2 Å². The third-order valence-electron chi connectivity index (χ3n) is 6.49. The Bertz CT molecular complexity index is 1230. The van der Waals surface area contributed by atoms with Gasteiger partial charge in [-0.3, -0.25) is 14.3 Å². The third kappa shape index (κ3) is 5.37. The van der Waals surface area contributed by atoms with Gasteiger partial charge < -0.3 is 29.5 Å². The zero-order valence-electron chi connectivity index (χ0n) is 19.7. The van der Waals surface area contributed by atoms with E-state index in [9.17, 15) is 9.90 Å². The van der Waals surface area contributed by atoms with Crippen molar-refractivity contribution in [3.8, 4) is 17.4 Å². The minimum absolute atomic E-state index is 0.0742. The van der Waals surface area contributed by atoms with Gasteiger partial charge in [-0.05, 0) is 12.5 Å². The molecule has 0 spiro atoms. The largest absolute Gasteiger partial charge is 0.486 e. The summed E-state index contributed by atoms with van der Waals surface area (Å²) in [7, 11) is 1.53. The number of ether oxygens (including phenoxy) is 3. The highest BCUT2D eigenvalue weighted by molar-refractivity contribution is 5.70. The fourth-order valence-corrected chi connectivity index (χ4v) is 4.56. The average Bonchev–Trinajstić information content (AvgIpc) is 2.89. The Morgan fingerprint density at radius 1 is 1.17 bits per heavy atom. The number of hydrogen-bond donors (Lipinski definition) is 2. The van der Waals surface area contributed by atoms with Gasteiger partial charge in [0.15, 0.2) is 17.1 Å². The summed E-state index contributed by atoms with van der Waals surface area (Å²) in [4.78, 5) is 28.0. The Hall–Kier alpha value is -3.28. The van der Waals surface area contributed by atoms with E-state index in [1.54, 1.807) is 23.0 Å². The molecule has 2 N–H and O–H groups in total. The lowest BCUT2D eigenvalue weighted by molar-refractivity contribution is 0.0257. The van der Waals surface area contributed by atoms with E-state index in [2.05, 4.69) is 25.2 Å². The summed E-state index contributed by atoms with van der Waals surface area (Å²) in [5, 5.41) is 14.0. The molecule has 186 valence electrons. The number of nitrogens with one attached hydrogen (secondary N) is 1. The van der Waals surface area contributed by atoms with Crippen LogP contribution in [0, 0.1) is 5.92 Å². The number of hydrogen-bond acceptors (Lipinski definition) is 10. The van der Waals surface area contributed by atoms with Crippen LogP contribution in [0.15, 0.2) is 35.4 Å². The molecule has 35 heavy (non-hydrogen) atoms. The van der Waals surface area contributed by atoms with E-state index < -0.39 is 0 Å². The van der Waals surface area contributed by atoms with E-state index in [-0.39, 0.29) is 17.6 Å². The Labute approximate surface area is 202 Å². The molecular weight excluding hydrogens is 452 g/mol. The number of aliphatic hydroxyl groups is 1. The van der Waals surface area contributed by atoms with Crippen LogP contribution in [0.1, 0.15) is 12.1 Å². The standard InChI is InChI=1S/C24H30N6O5/c1-33-22-14-27-18-2-3-23(32)30(24(18)28-22)7-6-29-5-4-19(31)16(15-29)11-25-12-17-10-20-21(13-26-17)35-9-8-34-20/h2-3,10,13-14,16,19,25,31H,4-9,11-12,15H2,1H3/t16-,19+/m0/s1.